The summed E-state index contributed by atoms with van der Waals surface area (Å²) in [6.45, 7) is 0.772. The van der Waals surface area contributed by atoms with Gasteiger partial charge in [0.1, 0.15) is 0 Å². The van der Waals surface area contributed by atoms with E-state index in [-0.39, 0.29) is 18.2 Å². The van der Waals surface area contributed by atoms with Crippen LogP contribution in [0.3, 0.4) is 0 Å². The highest BCUT2D eigenvalue weighted by molar-refractivity contribution is 5.85. The molecule has 0 aliphatic rings. The van der Waals surface area contributed by atoms with Gasteiger partial charge >= 0.3 is 5.76 Å². The average molecular weight is 229 g/mol. The fourth-order valence-corrected chi connectivity index (χ4v) is 1.49. The van der Waals surface area contributed by atoms with Gasteiger partial charge in [-0.15, -0.1) is 12.4 Å². The molecule has 1 N–H and O–H groups in total. The zero-order valence-electron chi connectivity index (χ0n) is 8.61. The van der Waals surface area contributed by atoms with Gasteiger partial charge in [0.2, 0.25) is 0 Å². The molecule has 2 aromatic rings. The van der Waals surface area contributed by atoms with E-state index in [2.05, 4.69) is 5.32 Å². The van der Waals surface area contributed by atoms with E-state index in [0.717, 1.165) is 17.6 Å². The number of fused-ring (bicyclic) bond motifs is 1. The molecule has 0 saturated heterocycles. The third kappa shape index (κ3) is 2.06. The third-order valence-corrected chi connectivity index (χ3v) is 2.24. The van der Waals surface area contributed by atoms with Crippen LogP contribution >= 0.6 is 12.4 Å². The number of hydrogen-bond donors (Lipinski definition) is 1. The van der Waals surface area contributed by atoms with Gasteiger partial charge in [-0.1, -0.05) is 6.07 Å². The predicted octanol–water partition coefficient (Wildman–Crippen LogP) is 1.27. The molecule has 15 heavy (non-hydrogen) atoms. The molecule has 0 saturated carbocycles. The van der Waals surface area contributed by atoms with E-state index < -0.39 is 0 Å². The number of nitrogens with one attached hydrogen (secondary N) is 1. The molecule has 4 nitrogen and oxygen atoms in total. The van der Waals surface area contributed by atoms with Crippen LogP contribution in [0.1, 0.15) is 5.56 Å². The highest BCUT2D eigenvalue weighted by Gasteiger charge is 2.05. The molecular weight excluding hydrogens is 216 g/mol. The second kappa shape index (κ2) is 4.51. The molecule has 5 heteroatoms. The topological polar surface area (TPSA) is 47.2 Å². The minimum absolute atomic E-state index is 0. The maximum Gasteiger partial charge on any atom is 0.419 e. The second-order valence-electron chi connectivity index (χ2n) is 3.26. The zero-order valence-corrected chi connectivity index (χ0v) is 9.43. The van der Waals surface area contributed by atoms with Gasteiger partial charge in [-0.3, -0.25) is 4.57 Å². The molecule has 1 aromatic carbocycles. The summed E-state index contributed by atoms with van der Waals surface area (Å²) in [5, 5.41) is 3.04. The Morgan fingerprint density at radius 2 is 2.20 bits per heavy atom. The van der Waals surface area contributed by atoms with E-state index in [9.17, 15) is 4.79 Å². The fourth-order valence-electron chi connectivity index (χ4n) is 1.49. The Balaban J connectivity index is 0.00000112. The van der Waals surface area contributed by atoms with Crippen LogP contribution in [0.2, 0.25) is 0 Å². The van der Waals surface area contributed by atoms with E-state index >= 15 is 0 Å². The lowest BCUT2D eigenvalue weighted by molar-refractivity contribution is 0.527. The maximum absolute atomic E-state index is 11.2. The summed E-state index contributed by atoms with van der Waals surface area (Å²) in [7, 11) is 3.58. The van der Waals surface area contributed by atoms with E-state index in [1.165, 1.54) is 4.57 Å². The Labute approximate surface area is 93.3 Å². The molecular formula is C10H13ClN2O2. The molecule has 0 atom stereocenters. The van der Waals surface area contributed by atoms with Crippen molar-refractivity contribution in [1.29, 1.82) is 0 Å². The Hall–Kier alpha value is -1.26. The minimum atomic E-state index is -0.318. The summed E-state index contributed by atoms with van der Waals surface area (Å²) in [6, 6.07) is 5.76. The summed E-state index contributed by atoms with van der Waals surface area (Å²) >= 11 is 0. The van der Waals surface area contributed by atoms with E-state index in [1.54, 1.807) is 7.05 Å². The highest BCUT2D eigenvalue weighted by atomic mass is 35.5. The SMILES string of the molecule is CNCc1ccc2c(c1)oc(=O)n2C.Cl. The number of benzene rings is 1. The molecule has 2 rings (SSSR count). The number of halogens is 1. The summed E-state index contributed by atoms with van der Waals surface area (Å²) < 4.78 is 6.56. The molecule has 1 aromatic heterocycles. The molecule has 0 radical (unpaired) electrons. The van der Waals surface area contributed by atoms with Gasteiger partial charge in [-0.2, -0.15) is 0 Å². The van der Waals surface area contributed by atoms with E-state index in [4.69, 9.17) is 4.42 Å². The molecule has 0 fully saturated rings. The van der Waals surface area contributed by atoms with Crippen LogP contribution in [0.25, 0.3) is 11.1 Å². The lowest BCUT2D eigenvalue weighted by Crippen LogP contribution is -2.08. The standard InChI is InChI=1S/C10H12N2O2.ClH/c1-11-6-7-3-4-8-9(5-7)14-10(13)12(8)2;/h3-5,11H,6H2,1-2H3;1H. The van der Waals surface area contributed by atoms with Crippen molar-refractivity contribution in [3.63, 3.8) is 0 Å². The lowest BCUT2D eigenvalue weighted by Gasteiger charge is -1.98. The first-order chi connectivity index (χ1) is 6.72. The van der Waals surface area contributed by atoms with Gasteiger partial charge in [-0.25, -0.2) is 4.79 Å². The van der Waals surface area contributed by atoms with Crippen LogP contribution in [0.5, 0.6) is 0 Å². The molecule has 82 valence electrons. The molecule has 0 unspecified atom stereocenters. The third-order valence-electron chi connectivity index (χ3n) is 2.24. The zero-order chi connectivity index (χ0) is 10.1. The van der Waals surface area contributed by atoms with Crippen molar-refractivity contribution in [2.45, 2.75) is 6.54 Å². The van der Waals surface area contributed by atoms with Crippen LogP contribution in [0, 0.1) is 0 Å². The van der Waals surface area contributed by atoms with Crippen LogP contribution in [-0.4, -0.2) is 11.6 Å². The van der Waals surface area contributed by atoms with Gasteiger partial charge in [0.15, 0.2) is 5.58 Å². The van der Waals surface area contributed by atoms with Crippen molar-refractivity contribution in [2.75, 3.05) is 7.05 Å². The number of hydrogen-bond acceptors (Lipinski definition) is 3. The first-order valence-electron chi connectivity index (χ1n) is 4.45. The smallest absolute Gasteiger partial charge is 0.408 e. The van der Waals surface area contributed by atoms with Gasteiger partial charge in [-0.05, 0) is 24.7 Å². The Morgan fingerprint density at radius 1 is 1.47 bits per heavy atom. The van der Waals surface area contributed by atoms with Gasteiger partial charge in [0.05, 0.1) is 5.52 Å². The first-order valence-corrected chi connectivity index (χ1v) is 4.45. The monoisotopic (exact) mass is 228 g/mol. The summed E-state index contributed by atoms with van der Waals surface area (Å²) in [5.74, 6) is -0.318. The molecule has 0 aliphatic heterocycles. The first kappa shape index (κ1) is 11.8. The summed E-state index contributed by atoms with van der Waals surface area (Å²) in [6.07, 6.45) is 0. The van der Waals surface area contributed by atoms with Gasteiger partial charge in [0.25, 0.3) is 0 Å². The van der Waals surface area contributed by atoms with Crippen molar-refractivity contribution in [3.8, 4) is 0 Å². The van der Waals surface area contributed by atoms with Gasteiger partial charge < -0.3 is 9.73 Å². The number of oxazole rings is 1. The van der Waals surface area contributed by atoms with E-state index in [0.29, 0.717) is 5.58 Å². The quantitative estimate of drug-likeness (QED) is 0.842. The number of aryl methyl sites for hydroxylation is 1. The minimum Gasteiger partial charge on any atom is -0.408 e. The van der Waals surface area contributed by atoms with Gasteiger partial charge in [0, 0.05) is 13.6 Å². The molecule has 0 spiro atoms. The van der Waals surface area contributed by atoms with E-state index in [1.807, 2.05) is 25.2 Å². The van der Waals surface area contributed by atoms with Crippen molar-refractivity contribution < 1.29 is 4.42 Å². The lowest BCUT2D eigenvalue weighted by atomic mass is 10.2. The van der Waals surface area contributed by atoms with Crippen LogP contribution in [0.4, 0.5) is 0 Å². The molecule has 0 amide bonds. The Kier molecular flexibility index (Phi) is 3.55. The number of aromatic nitrogens is 1. The number of rotatable bonds is 2. The maximum atomic E-state index is 11.2. The van der Waals surface area contributed by atoms with Crippen LogP contribution < -0.4 is 11.1 Å². The summed E-state index contributed by atoms with van der Waals surface area (Å²) in [5.41, 5.74) is 2.58. The largest absolute Gasteiger partial charge is 0.419 e. The second-order valence-corrected chi connectivity index (χ2v) is 3.26. The normalized spacial score (nSPS) is 10.3. The molecule has 0 bridgehead atoms. The summed E-state index contributed by atoms with van der Waals surface area (Å²) in [4.78, 5) is 11.2. The number of nitrogens with zero attached hydrogens (tertiary/aromatic N) is 1. The van der Waals surface area contributed by atoms with Crippen LogP contribution in [-0.2, 0) is 13.6 Å². The Bertz CT molecular complexity index is 516. The predicted molar refractivity (Wildman–Crippen MR) is 61.5 cm³/mol. The van der Waals surface area contributed by atoms with Crippen molar-refractivity contribution >= 4 is 23.5 Å². The van der Waals surface area contributed by atoms with Crippen molar-refractivity contribution in [1.82, 2.24) is 9.88 Å². The molecule has 1 heterocycles. The van der Waals surface area contributed by atoms with Crippen LogP contribution in [0.15, 0.2) is 27.4 Å². The molecule has 0 aliphatic carbocycles. The Morgan fingerprint density at radius 3 is 2.87 bits per heavy atom. The average Bonchev–Trinajstić information content (AvgIpc) is 2.43. The van der Waals surface area contributed by atoms with Crippen molar-refractivity contribution in [2.24, 2.45) is 7.05 Å². The highest BCUT2D eigenvalue weighted by Crippen LogP contribution is 2.13. The fraction of sp³-hybridized carbons (Fsp3) is 0.300. The van der Waals surface area contributed by atoms with Crippen molar-refractivity contribution in [3.05, 3.63) is 34.3 Å².